The molecule has 0 bridgehead atoms. The summed E-state index contributed by atoms with van der Waals surface area (Å²) >= 11 is 0. The van der Waals surface area contributed by atoms with Crippen LogP contribution in [0.2, 0.25) is 0 Å². The summed E-state index contributed by atoms with van der Waals surface area (Å²) in [6, 6.07) is 11.7. The van der Waals surface area contributed by atoms with E-state index in [0.717, 1.165) is 5.56 Å². The van der Waals surface area contributed by atoms with Crippen LogP contribution in [0.1, 0.15) is 45.5 Å². The second-order valence-corrected chi connectivity index (χ2v) is 9.15. The lowest BCUT2D eigenvalue weighted by Crippen LogP contribution is -2.54. The number of nitrogens with zero attached hydrogens (tertiary/aromatic N) is 1. The molecule has 0 saturated carbocycles. The van der Waals surface area contributed by atoms with Crippen molar-refractivity contribution in [2.45, 2.75) is 32.2 Å². The predicted octanol–water partition coefficient (Wildman–Crippen LogP) is 2.53. The van der Waals surface area contributed by atoms with Crippen molar-refractivity contribution in [1.29, 1.82) is 0 Å². The molecule has 1 saturated heterocycles. The molecule has 1 fully saturated rings. The largest absolute Gasteiger partial charge is 0.454 e. The van der Waals surface area contributed by atoms with Gasteiger partial charge in [-0.05, 0) is 62.4 Å². The summed E-state index contributed by atoms with van der Waals surface area (Å²) in [6.07, 6.45) is 1.88. The topological polar surface area (TPSA) is 106 Å². The number of piperidine rings is 1. The van der Waals surface area contributed by atoms with Crippen LogP contribution in [0.15, 0.2) is 42.5 Å². The van der Waals surface area contributed by atoms with Gasteiger partial charge in [-0.3, -0.25) is 14.4 Å². The van der Waals surface area contributed by atoms with E-state index in [1.165, 1.54) is 0 Å². The SMILES string of the molecule is COCCCNC(=O)[C@H](NC(=O)c1ccc(C)cc1)C1CCN(C(=O)c2ccc3c(c2)OCO3)CC1. The van der Waals surface area contributed by atoms with Crippen LogP contribution < -0.4 is 20.1 Å². The Morgan fingerprint density at radius 1 is 1.03 bits per heavy atom. The molecule has 4 rings (SSSR count). The Labute approximate surface area is 211 Å². The third-order valence-electron chi connectivity index (χ3n) is 6.63. The Morgan fingerprint density at radius 3 is 2.44 bits per heavy atom. The normalized spacial score (nSPS) is 15.9. The lowest BCUT2D eigenvalue weighted by Gasteiger charge is -2.36. The minimum atomic E-state index is -0.691. The van der Waals surface area contributed by atoms with E-state index in [-0.39, 0.29) is 30.4 Å². The highest BCUT2D eigenvalue weighted by Gasteiger charge is 2.34. The molecule has 9 nitrogen and oxygen atoms in total. The van der Waals surface area contributed by atoms with Crippen LogP contribution in [0.4, 0.5) is 0 Å². The Balaban J connectivity index is 1.40. The maximum Gasteiger partial charge on any atom is 0.253 e. The zero-order valence-corrected chi connectivity index (χ0v) is 20.7. The van der Waals surface area contributed by atoms with Crippen molar-refractivity contribution in [2.75, 3.05) is 40.1 Å². The molecular formula is C27H33N3O6. The average molecular weight is 496 g/mol. The molecule has 192 valence electrons. The molecule has 2 N–H and O–H groups in total. The maximum atomic E-state index is 13.1. The number of methoxy groups -OCH3 is 1. The van der Waals surface area contributed by atoms with Crippen molar-refractivity contribution in [3.63, 3.8) is 0 Å². The molecular weight excluding hydrogens is 462 g/mol. The summed E-state index contributed by atoms with van der Waals surface area (Å²) in [5.41, 5.74) is 2.10. The minimum Gasteiger partial charge on any atom is -0.454 e. The number of ether oxygens (including phenoxy) is 3. The summed E-state index contributed by atoms with van der Waals surface area (Å²) in [6.45, 7) is 4.10. The van der Waals surface area contributed by atoms with Crippen molar-refractivity contribution >= 4 is 17.7 Å². The van der Waals surface area contributed by atoms with E-state index in [0.29, 0.717) is 68.1 Å². The van der Waals surface area contributed by atoms with Crippen LogP contribution in [0, 0.1) is 12.8 Å². The molecule has 0 unspecified atom stereocenters. The second-order valence-electron chi connectivity index (χ2n) is 9.15. The molecule has 2 heterocycles. The predicted molar refractivity (Wildman–Crippen MR) is 133 cm³/mol. The van der Waals surface area contributed by atoms with Crippen molar-refractivity contribution in [1.82, 2.24) is 15.5 Å². The number of fused-ring (bicyclic) bond motifs is 1. The third kappa shape index (κ3) is 6.15. The van der Waals surface area contributed by atoms with Gasteiger partial charge >= 0.3 is 0 Å². The van der Waals surface area contributed by atoms with Crippen LogP contribution in [-0.2, 0) is 9.53 Å². The highest BCUT2D eigenvalue weighted by Crippen LogP contribution is 2.33. The molecule has 3 amide bonds. The number of aryl methyl sites for hydroxylation is 1. The van der Waals surface area contributed by atoms with E-state index in [1.54, 1.807) is 42.3 Å². The van der Waals surface area contributed by atoms with E-state index in [9.17, 15) is 14.4 Å². The van der Waals surface area contributed by atoms with Gasteiger partial charge in [0, 0.05) is 44.5 Å². The van der Waals surface area contributed by atoms with Gasteiger partial charge in [-0.25, -0.2) is 0 Å². The van der Waals surface area contributed by atoms with Crippen molar-refractivity contribution in [3.8, 4) is 11.5 Å². The first-order valence-corrected chi connectivity index (χ1v) is 12.3. The Bertz CT molecular complexity index is 1080. The Morgan fingerprint density at radius 2 is 1.72 bits per heavy atom. The van der Waals surface area contributed by atoms with Gasteiger partial charge in [0.15, 0.2) is 11.5 Å². The standard InChI is InChI=1S/C27H33N3O6/c1-18-4-6-20(7-5-18)25(31)29-24(26(32)28-12-3-15-34-2)19-10-13-30(14-11-19)27(33)21-8-9-22-23(16-21)36-17-35-22/h4-9,16,19,24H,3,10-15,17H2,1-2H3,(H,28,32)(H,29,31)/t24-/m1/s1. The molecule has 0 aromatic heterocycles. The van der Waals surface area contributed by atoms with Crippen LogP contribution in [0.3, 0.4) is 0 Å². The number of amides is 3. The molecule has 2 aliphatic rings. The van der Waals surface area contributed by atoms with Gasteiger partial charge in [0.2, 0.25) is 12.7 Å². The zero-order chi connectivity index (χ0) is 25.5. The molecule has 2 aromatic rings. The van der Waals surface area contributed by atoms with Crippen molar-refractivity contribution in [2.24, 2.45) is 5.92 Å². The Kier molecular flexibility index (Phi) is 8.43. The second kappa shape index (κ2) is 11.9. The molecule has 0 radical (unpaired) electrons. The number of carbonyl (C=O) groups excluding carboxylic acids is 3. The molecule has 2 aliphatic heterocycles. The summed E-state index contributed by atoms with van der Waals surface area (Å²) in [5, 5.41) is 5.88. The van der Waals surface area contributed by atoms with Crippen LogP contribution in [0.25, 0.3) is 0 Å². The summed E-state index contributed by atoms with van der Waals surface area (Å²) in [7, 11) is 1.62. The number of carbonyl (C=O) groups is 3. The van der Waals surface area contributed by atoms with E-state index >= 15 is 0 Å². The number of rotatable bonds is 9. The first-order valence-electron chi connectivity index (χ1n) is 12.3. The quantitative estimate of drug-likeness (QED) is 0.518. The summed E-state index contributed by atoms with van der Waals surface area (Å²) in [4.78, 5) is 40.9. The van der Waals surface area contributed by atoms with Gasteiger partial charge in [-0.15, -0.1) is 0 Å². The van der Waals surface area contributed by atoms with Crippen molar-refractivity contribution in [3.05, 3.63) is 59.2 Å². The monoisotopic (exact) mass is 495 g/mol. The van der Waals surface area contributed by atoms with Gasteiger partial charge in [-0.2, -0.15) is 0 Å². The third-order valence-corrected chi connectivity index (χ3v) is 6.63. The van der Waals surface area contributed by atoms with Gasteiger partial charge in [0.1, 0.15) is 6.04 Å². The van der Waals surface area contributed by atoms with Gasteiger partial charge in [0.25, 0.3) is 11.8 Å². The highest BCUT2D eigenvalue weighted by atomic mass is 16.7. The maximum absolute atomic E-state index is 13.1. The molecule has 36 heavy (non-hydrogen) atoms. The molecule has 1 atom stereocenters. The fourth-order valence-electron chi connectivity index (χ4n) is 4.51. The smallest absolute Gasteiger partial charge is 0.253 e. The van der Waals surface area contributed by atoms with Crippen molar-refractivity contribution < 1.29 is 28.6 Å². The minimum absolute atomic E-state index is 0.0870. The molecule has 0 aliphatic carbocycles. The van der Waals surface area contributed by atoms with Gasteiger partial charge < -0.3 is 29.7 Å². The zero-order valence-electron chi connectivity index (χ0n) is 20.7. The first kappa shape index (κ1) is 25.5. The average Bonchev–Trinajstić information content (AvgIpc) is 3.38. The summed E-state index contributed by atoms with van der Waals surface area (Å²) in [5.74, 6) is 0.519. The lowest BCUT2D eigenvalue weighted by molar-refractivity contribution is -0.124. The fraction of sp³-hybridized carbons (Fsp3) is 0.444. The summed E-state index contributed by atoms with van der Waals surface area (Å²) < 4.78 is 15.8. The Hall–Kier alpha value is -3.59. The fourth-order valence-corrected chi connectivity index (χ4v) is 4.51. The van der Waals surface area contributed by atoms with Gasteiger partial charge in [-0.1, -0.05) is 17.7 Å². The van der Waals surface area contributed by atoms with Crippen LogP contribution >= 0.6 is 0 Å². The lowest BCUT2D eigenvalue weighted by atomic mass is 9.88. The van der Waals surface area contributed by atoms with E-state index in [4.69, 9.17) is 14.2 Å². The van der Waals surface area contributed by atoms with E-state index < -0.39 is 6.04 Å². The number of nitrogens with one attached hydrogen (secondary N) is 2. The molecule has 2 aromatic carbocycles. The molecule has 9 heteroatoms. The van der Waals surface area contributed by atoms with E-state index in [2.05, 4.69) is 10.6 Å². The number of benzene rings is 2. The molecule has 0 spiro atoms. The van der Waals surface area contributed by atoms with Crippen LogP contribution in [0.5, 0.6) is 11.5 Å². The van der Waals surface area contributed by atoms with E-state index in [1.807, 2.05) is 19.1 Å². The number of likely N-dealkylation sites (tertiary alicyclic amines) is 1. The number of hydrogen-bond acceptors (Lipinski definition) is 6. The van der Waals surface area contributed by atoms with Gasteiger partial charge in [0.05, 0.1) is 0 Å². The first-order chi connectivity index (χ1) is 17.5. The highest BCUT2D eigenvalue weighted by molar-refractivity contribution is 5.98. The van der Waals surface area contributed by atoms with Crippen LogP contribution in [-0.4, -0.2) is 68.8 Å². The number of hydrogen-bond donors (Lipinski definition) is 2.